The van der Waals surface area contributed by atoms with Crippen LogP contribution >= 0.6 is 35.6 Å². The fraction of sp³-hybridized carbons (Fsp3) is 0.263. The van der Waals surface area contributed by atoms with Crippen molar-refractivity contribution in [3.8, 4) is 0 Å². The second-order valence-electron chi connectivity index (χ2n) is 6.45. The fourth-order valence-electron chi connectivity index (χ4n) is 3.44. The van der Waals surface area contributed by atoms with Gasteiger partial charge in [-0.15, -0.1) is 12.4 Å². The largest absolute Gasteiger partial charge is 0.480 e. The average Bonchev–Trinajstić information content (AvgIpc) is 2.61. The van der Waals surface area contributed by atoms with E-state index in [-0.39, 0.29) is 30.7 Å². The first kappa shape index (κ1) is 22.3. The van der Waals surface area contributed by atoms with Crippen LogP contribution in [-0.4, -0.2) is 23.0 Å². The molecule has 0 radical (unpaired) electrons. The maximum absolute atomic E-state index is 11.9. The van der Waals surface area contributed by atoms with Gasteiger partial charge in [0, 0.05) is 35.0 Å². The molecular formula is C19H20Cl3N3O3. The number of carbonyl (C=O) groups is 2. The Labute approximate surface area is 179 Å². The summed E-state index contributed by atoms with van der Waals surface area (Å²) in [6.07, 6.45) is 0.242. The number of nitrogens with zero attached hydrogens (tertiary/aromatic N) is 1. The van der Waals surface area contributed by atoms with E-state index in [9.17, 15) is 14.7 Å². The normalized spacial score (nSPS) is 18.1. The number of hydrogen-bond donors (Lipinski definition) is 3. The third-order valence-corrected chi connectivity index (χ3v) is 5.16. The molecule has 28 heavy (non-hydrogen) atoms. The van der Waals surface area contributed by atoms with Gasteiger partial charge < -0.3 is 10.8 Å². The van der Waals surface area contributed by atoms with Crippen molar-refractivity contribution in [2.45, 2.75) is 31.8 Å². The molecule has 2 aromatic carbocycles. The van der Waals surface area contributed by atoms with Crippen molar-refractivity contribution in [3.63, 3.8) is 0 Å². The maximum Gasteiger partial charge on any atom is 0.328 e. The Kier molecular flexibility index (Phi) is 7.17. The summed E-state index contributed by atoms with van der Waals surface area (Å²) in [5, 5.41) is 11.9. The van der Waals surface area contributed by atoms with Gasteiger partial charge in [-0.05, 0) is 29.7 Å². The summed E-state index contributed by atoms with van der Waals surface area (Å²) < 4.78 is 0. The molecule has 0 spiro atoms. The predicted molar refractivity (Wildman–Crippen MR) is 112 cm³/mol. The minimum absolute atomic E-state index is 0. The number of aliphatic carboxylic acids is 1. The van der Waals surface area contributed by atoms with Crippen molar-refractivity contribution in [2.24, 2.45) is 5.73 Å². The lowest BCUT2D eigenvalue weighted by molar-refractivity contribution is -0.139. The van der Waals surface area contributed by atoms with E-state index < -0.39 is 12.0 Å². The Balaban J connectivity index is 0.00000280. The van der Waals surface area contributed by atoms with Crippen molar-refractivity contribution in [1.82, 2.24) is 5.43 Å². The first-order chi connectivity index (χ1) is 12.8. The van der Waals surface area contributed by atoms with Gasteiger partial charge in [0.15, 0.2) is 0 Å². The Morgan fingerprint density at radius 3 is 2.43 bits per heavy atom. The summed E-state index contributed by atoms with van der Waals surface area (Å²) in [4.78, 5) is 23.6. The van der Waals surface area contributed by atoms with Gasteiger partial charge in [-0.25, -0.2) is 4.79 Å². The van der Waals surface area contributed by atoms with Crippen molar-refractivity contribution in [1.29, 1.82) is 0 Å². The van der Waals surface area contributed by atoms with E-state index in [4.69, 9.17) is 28.9 Å². The Morgan fingerprint density at radius 1 is 1.25 bits per heavy atom. The Hall–Kier alpha value is -1.99. The lowest BCUT2D eigenvalue weighted by atomic mass is 9.81. The van der Waals surface area contributed by atoms with Crippen LogP contribution in [0.2, 0.25) is 10.0 Å². The molecule has 4 N–H and O–H groups in total. The summed E-state index contributed by atoms with van der Waals surface area (Å²) in [5.41, 5.74) is 11.4. The number of anilines is 1. The van der Waals surface area contributed by atoms with E-state index in [1.54, 1.807) is 12.1 Å². The first-order valence-corrected chi connectivity index (χ1v) is 9.14. The zero-order valence-corrected chi connectivity index (χ0v) is 17.3. The van der Waals surface area contributed by atoms with Gasteiger partial charge in [0.1, 0.15) is 6.04 Å². The minimum Gasteiger partial charge on any atom is -0.480 e. The quantitative estimate of drug-likeness (QED) is 0.668. The molecule has 6 nitrogen and oxygen atoms in total. The van der Waals surface area contributed by atoms with Gasteiger partial charge in [-0.1, -0.05) is 47.5 Å². The van der Waals surface area contributed by atoms with Gasteiger partial charge >= 0.3 is 5.97 Å². The molecule has 150 valence electrons. The van der Waals surface area contributed by atoms with Crippen molar-refractivity contribution >= 4 is 53.2 Å². The van der Waals surface area contributed by atoms with E-state index in [1.165, 1.54) is 11.9 Å². The number of hydrogen-bond acceptors (Lipinski definition) is 4. The molecule has 1 aliphatic heterocycles. The number of rotatable bonds is 4. The number of halogens is 3. The highest BCUT2D eigenvalue weighted by Gasteiger charge is 2.39. The average molecular weight is 445 g/mol. The SMILES string of the molecule is CC(=O)NN1c2cc(Cl)cc(Cl)c2[C@@H](c2ccc(CN)cc2)C[C@@H]1C(=O)O.Cl. The lowest BCUT2D eigenvalue weighted by Crippen LogP contribution is -2.54. The topological polar surface area (TPSA) is 95.7 Å². The van der Waals surface area contributed by atoms with Crippen LogP contribution in [0.4, 0.5) is 5.69 Å². The van der Waals surface area contributed by atoms with Crippen LogP contribution in [0.25, 0.3) is 0 Å². The number of fused-ring (bicyclic) bond motifs is 1. The van der Waals surface area contributed by atoms with Crippen LogP contribution in [0.15, 0.2) is 36.4 Å². The molecule has 0 aliphatic carbocycles. The summed E-state index contributed by atoms with van der Waals surface area (Å²) in [7, 11) is 0. The zero-order valence-electron chi connectivity index (χ0n) is 15.0. The van der Waals surface area contributed by atoms with Gasteiger partial charge in [0.25, 0.3) is 0 Å². The van der Waals surface area contributed by atoms with E-state index in [0.717, 1.165) is 16.7 Å². The van der Waals surface area contributed by atoms with Crippen LogP contribution in [0, 0.1) is 0 Å². The Bertz CT molecular complexity index is 890. The molecule has 0 fully saturated rings. The maximum atomic E-state index is 11.9. The van der Waals surface area contributed by atoms with Crippen molar-refractivity contribution in [3.05, 3.63) is 63.1 Å². The van der Waals surface area contributed by atoms with E-state index >= 15 is 0 Å². The molecule has 0 bridgehead atoms. The van der Waals surface area contributed by atoms with Crippen molar-refractivity contribution in [2.75, 3.05) is 5.01 Å². The Morgan fingerprint density at radius 2 is 1.89 bits per heavy atom. The molecule has 0 saturated heterocycles. The summed E-state index contributed by atoms with van der Waals surface area (Å²) in [5.74, 6) is -1.69. The van der Waals surface area contributed by atoms with Gasteiger partial charge in [-0.2, -0.15) is 0 Å². The van der Waals surface area contributed by atoms with Crippen LogP contribution in [0.3, 0.4) is 0 Å². The number of hydrazine groups is 1. The van der Waals surface area contributed by atoms with Crippen LogP contribution in [-0.2, 0) is 16.1 Å². The number of carboxylic acids is 1. The lowest BCUT2D eigenvalue weighted by Gasteiger charge is -2.40. The smallest absolute Gasteiger partial charge is 0.328 e. The van der Waals surface area contributed by atoms with Gasteiger partial charge in [0.2, 0.25) is 5.91 Å². The number of carbonyl (C=O) groups excluding carboxylic acids is 1. The predicted octanol–water partition coefficient (Wildman–Crippen LogP) is 3.72. The summed E-state index contributed by atoms with van der Waals surface area (Å²) in [6, 6.07) is 9.95. The molecule has 0 aromatic heterocycles. The minimum atomic E-state index is -1.05. The fourth-order valence-corrected chi connectivity index (χ4v) is 4.05. The van der Waals surface area contributed by atoms with E-state index in [0.29, 0.717) is 22.3 Å². The zero-order chi connectivity index (χ0) is 19.7. The monoisotopic (exact) mass is 443 g/mol. The third-order valence-electron chi connectivity index (χ3n) is 4.63. The first-order valence-electron chi connectivity index (χ1n) is 8.39. The second kappa shape index (κ2) is 9.01. The van der Waals surface area contributed by atoms with Gasteiger partial charge in [-0.3, -0.25) is 15.2 Å². The molecule has 2 atom stereocenters. The molecule has 1 aliphatic rings. The molecule has 0 unspecified atom stereocenters. The second-order valence-corrected chi connectivity index (χ2v) is 7.29. The van der Waals surface area contributed by atoms with Gasteiger partial charge in [0.05, 0.1) is 5.69 Å². The van der Waals surface area contributed by atoms with Crippen LogP contribution in [0.1, 0.15) is 36.0 Å². The number of nitrogens with two attached hydrogens (primary N) is 1. The van der Waals surface area contributed by atoms with Crippen molar-refractivity contribution < 1.29 is 14.7 Å². The molecule has 1 amide bonds. The molecule has 1 heterocycles. The summed E-state index contributed by atoms with van der Waals surface area (Å²) in [6.45, 7) is 1.74. The molecule has 9 heteroatoms. The highest BCUT2D eigenvalue weighted by molar-refractivity contribution is 6.35. The van der Waals surface area contributed by atoms with Crippen LogP contribution in [0.5, 0.6) is 0 Å². The molecule has 0 saturated carbocycles. The highest BCUT2D eigenvalue weighted by atomic mass is 35.5. The number of nitrogens with one attached hydrogen (secondary N) is 1. The van der Waals surface area contributed by atoms with E-state index in [2.05, 4.69) is 5.43 Å². The van der Waals surface area contributed by atoms with Crippen LogP contribution < -0.4 is 16.2 Å². The summed E-state index contributed by atoms with van der Waals surface area (Å²) >= 11 is 12.6. The third kappa shape index (κ3) is 4.36. The molecular weight excluding hydrogens is 425 g/mol. The number of carboxylic acid groups (broad SMARTS) is 1. The molecule has 3 rings (SSSR count). The molecule has 2 aromatic rings. The number of benzene rings is 2. The van der Waals surface area contributed by atoms with E-state index in [1.807, 2.05) is 24.3 Å². The highest BCUT2D eigenvalue weighted by Crippen LogP contribution is 2.46. The number of amides is 1. The standard InChI is InChI=1S/C19H19Cl2N3O3.ClH/c1-10(25)23-24-16-7-13(20)6-15(21)18(16)14(8-17(24)19(26)27)12-4-2-11(9-22)3-5-12;/h2-7,14,17H,8-9,22H2,1H3,(H,23,25)(H,26,27);1H/t14-,17-;/m1./s1.